The van der Waals surface area contributed by atoms with Crippen molar-refractivity contribution in [2.24, 2.45) is 11.8 Å². The minimum absolute atomic E-state index is 0.0376. The molecule has 0 aromatic rings. The monoisotopic (exact) mass is 427 g/mol. The number of aliphatic hydroxyl groups excluding tert-OH is 1. The first-order valence-electron chi connectivity index (χ1n) is 11.5. The van der Waals surface area contributed by atoms with Gasteiger partial charge in [-0.3, -0.25) is 4.79 Å². The van der Waals surface area contributed by atoms with Gasteiger partial charge >= 0.3 is 0 Å². The molecule has 0 radical (unpaired) electrons. The quantitative estimate of drug-likeness (QED) is 0.291. The SMILES string of the molecule is CC1C=C2CC(OCCOCCOCCOCCNC(=O)CCCO)(C2)CC(C)C1. The highest BCUT2D eigenvalue weighted by molar-refractivity contribution is 5.75. The third kappa shape index (κ3) is 9.88. The lowest BCUT2D eigenvalue weighted by Gasteiger charge is -2.47. The van der Waals surface area contributed by atoms with Gasteiger partial charge in [0.25, 0.3) is 0 Å². The van der Waals surface area contributed by atoms with Crippen LogP contribution in [-0.4, -0.2) is 76.0 Å². The molecule has 2 N–H and O–H groups in total. The summed E-state index contributed by atoms with van der Waals surface area (Å²) in [5, 5.41) is 11.4. The minimum Gasteiger partial charge on any atom is -0.396 e. The fourth-order valence-corrected chi connectivity index (χ4v) is 4.47. The van der Waals surface area contributed by atoms with E-state index in [1.807, 2.05) is 0 Å². The molecule has 7 nitrogen and oxygen atoms in total. The van der Waals surface area contributed by atoms with Gasteiger partial charge in [0, 0.05) is 19.6 Å². The largest absolute Gasteiger partial charge is 0.396 e. The zero-order valence-corrected chi connectivity index (χ0v) is 18.8. The number of hydrogen-bond donors (Lipinski definition) is 2. The summed E-state index contributed by atoms with van der Waals surface area (Å²) in [6.45, 7) is 8.95. The smallest absolute Gasteiger partial charge is 0.220 e. The number of hydrogen-bond acceptors (Lipinski definition) is 6. The summed E-state index contributed by atoms with van der Waals surface area (Å²) in [5.41, 5.74) is 1.62. The molecule has 174 valence electrons. The fraction of sp³-hybridized carbons (Fsp3) is 0.870. The van der Waals surface area contributed by atoms with Crippen LogP contribution in [0.15, 0.2) is 11.6 Å². The number of aliphatic hydroxyl groups is 1. The van der Waals surface area contributed by atoms with Crippen LogP contribution in [0.3, 0.4) is 0 Å². The maximum Gasteiger partial charge on any atom is 0.220 e. The van der Waals surface area contributed by atoms with Crippen molar-refractivity contribution >= 4 is 5.91 Å². The second kappa shape index (κ2) is 14.1. The summed E-state index contributed by atoms with van der Waals surface area (Å²) >= 11 is 0. The first-order chi connectivity index (χ1) is 14.5. The third-order valence-corrected chi connectivity index (χ3v) is 5.62. The zero-order valence-electron chi connectivity index (χ0n) is 18.8. The lowest BCUT2D eigenvalue weighted by Crippen LogP contribution is -2.45. The number of nitrogens with one attached hydrogen (secondary N) is 1. The van der Waals surface area contributed by atoms with E-state index in [0.29, 0.717) is 77.5 Å². The van der Waals surface area contributed by atoms with Gasteiger partial charge in [-0.05, 0) is 43.9 Å². The Morgan fingerprint density at radius 3 is 2.37 bits per heavy atom. The van der Waals surface area contributed by atoms with E-state index >= 15 is 0 Å². The standard InChI is InChI=1S/C23H41NO6/c1-19-14-20(2)16-23(17-21(15-19)18-23)30-13-12-29-11-10-28-9-8-27-7-5-24-22(26)4-3-6-25/h15,19-20,25H,3-14,16-18H2,1-2H3,(H,24,26). The molecule has 3 rings (SSSR count). The Bertz CT molecular complexity index is 516. The highest BCUT2D eigenvalue weighted by atomic mass is 16.6. The summed E-state index contributed by atoms with van der Waals surface area (Å²) in [5.74, 6) is 1.35. The van der Waals surface area contributed by atoms with E-state index in [4.69, 9.17) is 24.1 Å². The second-order valence-corrected chi connectivity index (χ2v) is 8.75. The summed E-state index contributed by atoms with van der Waals surface area (Å²) in [4.78, 5) is 11.3. The van der Waals surface area contributed by atoms with Crippen molar-refractivity contribution in [3.05, 3.63) is 11.6 Å². The van der Waals surface area contributed by atoms with E-state index in [-0.39, 0.29) is 18.1 Å². The van der Waals surface area contributed by atoms with Crippen LogP contribution in [0.5, 0.6) is 0 Å². The van der Waals surface area contributed by atoms with Gasteiger partial charge in [0.1, 0.15) is 0 Å². The van der Waals surface area contributed by atoms with Crippen molar-refractivity contribution in [3.8, 4) is 0 Å². The van der Waals surface area contributed by atoms with E-state index in [9.17, 15) is 4.79 Å². The second-order valence-electron chi connectivity index (χ2n) is 8.75. The lowest BCUT2D eigenvalue weighted by molar-refractivity contribution is -0.121. The first kappa shape index (κ1) is 25.3. The number of carbonyl (C=O) groups is 1. The number of carbonyl (C=O) groups excluding carboxylic acids is 1. The number of fused-ring (bicyclic) bond motifs is 4. The predicted octanol–water partition coefficient (Wildman–Crippen LogP) is 2.47. The molecular formula is C23H41NO6. The fourth-order valence-electron chi connectivity index (χ4n) is 4.47. The van der Waals surface area contributed by atoms with E-state index in [1.165, 1.54) is 6.42 Å². The molecule has 3 aliphatic rings. The summed E-state index contributed by atoms with van der Waals surface area (Å²) in [6, 6.07) is 0. The van der Waals surface area contributed by atoms with Gasteiger partial charge < -0.3 is 29.4 Å². The van der Waals surface area contributed by atoms with Gasteiger partial charge in [0.2, 0.25) is 5.91 Å². The Morgan fingerprint density at radius 2 is 1.70 bits per heavy atom. The van der Waals surface area contributed by atoms with Gasteiger partial charge in [0.15, 0.2) is 0 Å². The molecule has 30 heavy (non-hydrogen) atoms. The molecule has 1 amide bonds. The summed E-state index contributed by atoms with van der Waals surface area (Å²) < 4.78 is 22.7. The Hall–Kier alpha value is -0.990. The van der Waals surface area contributed by atoms with Gasteiger partial charge in [-0.1, -0.05) is 25.5 Å². The normalized spacial score (nSPS) is 25.8. The molecule has 0 saturated heterocycles. The van der Waals surface area contributed by atoms with Crippen LogP contribution in [0.1, 0.15) is 52.4 Å². The topological polar surface area (TPSA) is 86.3 Å². The molecule has 3 aliphatic carbocycles. The van der Waals surface area contributed by atoms with Crippen molar-refractivity contribution in [1.82, 2.24) is 5.32 Å². The first-order valence-corrected chi connectivity index (χ1v) is 11.5. The predicted molar refractivity (Wildman–Crippen MR) is 115 cm³/mol. The van der Waals surface area contributed by atoms with E-state index in [0.717, 1.165) is 19.3 Å². The van der Waals surface area contributed by atoms with Gasteiger partial charge in [-0.15, -0.1) is 0 Å². The average Bonchev–Trinajstić information content (AvgIpc) is 2.66. The average molecular weight is 428 g/mol. The van der Waals surface area contributed by atoms with Crippen LogP contribution >= 0.6 is 0 Å². The van der Waals surface area contributed by atoms with Crippen molar-refractivity contribution in [2.75, 3.05) is 59.4 Å². The highest BCUT2D eigenvalue weighted by Crippen LogP contribution is 2.48. The number of allylic oxidation sites excluding steroid dienone is 1. The molecule has 0 aromatic heterocycles. The van der Waals surface area contributed by atoms with Gasteiger partial charge in [-0.25, -0.2) is 0 Å². The molecule has 2 bridgehead atoms. The van der Waals surface area contributed by atoms with Crippen molar-refractivity contribution < 1.29 is 28.8 Å². The van der Waals surface area contributed by atoms with Crippen molar-refractivity contribution in [3.63, 3.8) is 0 Å². The summed E-state index contributed by atoms with van der Waals surface area (Å²) in [7, 11) is 0. The molecule has 7 heteroatoms. The Kier molecular flexibility index (Phi) is 11.9. The molecule has 2 unspecified atom stereocenters. The number of ether oxygens (including phenoxy) is 4. The van der Waals surface area contributed by atoms with E-state index in [1.54, 1.807) is 5.57 Å². The summed E-state index contributed by atoms with van der Waals surface area (Å²) in [6.07, 6.45) is 7.89. The Balaban J connectivity index is 1.36. The minimum atomic E-state index is -0.0579. The molecular weight excluding hydrogens is 386 g/mol. The van der Waals surface area contributed by atoms with Crippen LogP contribution in [0.4, 0.5) is 0 Å². The van der Waals surface area contributed by atoms with Crippen LogP contribution < -0.4 is 5.32 Å². The third-order valence-electron chi connectivity index (χ3n) is 5.62. The van der Waals surface area contributed by atoms with Crippen LogP contribution in [-0.2, 0) is 23.7 Å². The Morgan fingerprint density at radius 1 is 1.07 bits per heavy atom. The molecule has 0 spiro atoms. The van der Waals surface area contributed by atoms with Crippen LogP contribution in [0, 0.1) is 11.8 Å². The Labute approximate surface area is 181 Å². The molecule has 0 heterocycles. The van der Waals surface area contributed by atoms with Crippen LogP contribution in [0.2, 0.25) is 0 Å². The number of amides is 1. The molecule has 0 aromatic carbocycles. The zero-order chi connectivity index (χ0) is 21.7. The number of rotatable bonds is 16. The molecule has 1 fully saturated rings. The van der Waals surface area contributed by atoms with Crippen LogP contribution in [0.25, 0.3) is 0 Å². The molecule has 1 saturated carbocycles. The van der Waals surface area contributed by atoms with Crippen molar-refractivity contribution in [1.29, 1.82) is 0 Å². The van der Waals surface area contributed by atoms with Crippen molar-refractivity contribution in [2.45, 2.75) is 58.0 Å². The maximum atomic E-state index is 11.3. The maximum absolute atomic E-state index is 11.3. The van der Waals surface area contributed by atoms with Gasteiger partial charge in [0.05, 0.1) is 51.8 Å². The highest BCUT2D eigenvalue weighted by Gasteiger charge is 2.43. The van der Waals surface area contributed by atoms with E-state index in [2.05, 4.69) is 25.2 Å². The van der Waals surface area contributed by atoms with Gasteiger partial charge in [-0.2, -0.15) is 0 Å². The molecule has 2 atom stereocenters. The van der Waals surface area contributed by atoms with E-state index < -0.39 is 0 Å². The lowest BCUT2D eigenvalue weighted by atomic mass is 9.66. The molecule has 0 aliphatic heterocycles.